The molecule has 31 heavy (non-hydrogen) atoms. The van der Waals surface area contributed by atoms with Crippen molar-refractivity contribution >= 4 is 5.91 Å². The summed E-state index contributed by atoms with van der Waals surface area (Å²) in [6.45, 7) is 13.3. The monoisotopic (exact) mass is 433 g/mol. The lowest BCUT2D eigenvalue weighted by Gasteiger charge is -2.62. The summed E-state index contributed by atoms with van der Waals surface area (Å²) in [6, 6.07) is 0.436. The maximum atomic E-state index is 11.9. The van der Waals surface area contributed by atoms with Crippen molar-refractivity contribution in [3.8, 4) is 0 Å². The van der Waals surface area contributed by atoms with Gasteiger partial charge in [0, 0.05) is 35.0 Å². The maximum absolute atomic E-state index is 11.9. The van der Waals surface area contributed by atoms with Gasteiger partial charge in [0.15, 0.2) is 0 Å². The molecule has 1 amide bonds. The number of allylic oxidation sites excluding steroid dienone is 2. The number of hydrogen-bond acceptors (Lipinski definition) is 3. The van der Waals surface area contributed by atoms with E-state index >= 15 is 0 Å². The number of carbonyl (C=O) groups excluding carboxylic acids is 1. The number of nitrogens with two attached hydrogens (primary N) is 1. The molecule has 4 fully saturated rings. The molecule has 3 saturated carbocycles. The van der Waals surface area contributed by atoms with Crippen LogP contribution in [0.25, 0.3) is 0 Å². The highest BCUT2D eigenvalue weighted by atomic mass is 16.1. The maximum Gasteiger partial charge on any atom is 0.220 e. The summed E-state index contributed by atoms with van der Waals surface area (Å²) in [6.07, 6.45) is 12.6. The lowest BCUT2D eigenvalue weighted by molar-refractivity contribution is -0.136. The van der Waals surface area contributed by atoms with Gasteiger partial charge in [0.05, 0.1) is 0 Å². The number of nitrogens with one attached hydrogen (secondary N) is 2. The molecule has 4 heteroatoms. The zero-order valence-corrected chi connectivity index (χ0v) is 20.6. The van der Waals surface area contributed by atoms with E-state index in [0.717, 1.165) is 36.5 Å². The summed E-state index contributed by atoms with van der Waals surface area (Å²) in [7, 11) is 1.50. The van der Waals surface area contributed by atoms with Gasteiger partial charge in [-0.3, -0.25) is 4.79 Å². The molecule has 7 unspecified atom stereocenters. The summed E-state index contributed by atoms with van der Waals surface area (Å²) in [5.74, 6) is 3.69. The van der Waals surface area contributed by atoms with Gasteiger partial charge in [0.2, 0.25) is 5.91 Å². The molecule has 1 aliphatic heterocycles. The summed E-state index contributed by atoms with van der Waals surface area (Å²) in [4.78, 5) is 11.9. The van der Waals surface area contributed by atoms with E-state index in [1.807, 2.05) is 13.8 Å². The molecule has 0 aromatic rings. The SMILES string of the molecule is C.CC.CC(C)(C)NC1=CC23CCC4C(CCC5NC(=O)CCC54C)C2CCC13.CN. The predicted molar refractivity (Wildman–Crippen MR) is 133 cm³/mol. The van der Waals surface area contributed by atoms with Crippen molar-refractivity contribution in [1.29, 1.82) is 0 Å². The van der Waals surface area contributed by atoms with Gasteiger partial charge < -0.3 is 16.4 Å². The van der Waals surface area contributed by atoms with Crippen LogP contribution in [-0.4, -0.2) is 24.5 Å². The quantitative estimate of drug-likeness (QED) is 0.502. The van der Waals surface area contributed by atoms with Crippen LogP contribution < -0.4 is 16.4 Å². The minimum Gasteiger partial charge on any atom is -0.384 e. The van der Waals surface area contributed by atoms with Crippen LogP contribution in [-0.2, 0) is 4.79 Å². The third kappa shape index (κ3) is 4.18. The second kappa shape index (κ2) is 9.45. The standard InChI is InChI=1S/C23H36N2O.C2H6.CH5N.CH4/c1-21(2,3)25-18-13-23-12-9-15-14(16(23)6-7-17(18)23)5-8-19-22(15,4)11-10-20(26)24-19;2*1-2;/h13-17,19,25H,5-12H2,1-4H3,(H,24,26);1-2H3;2H2,1H3;1H4. The molecule has 0 aromatic carbocycles. The number of piperidine rings is 1. The zero-order chi connectivity index (χ0) is 22.3. The van der Waals surface area contributed by atoms with Gasteiger partial charge in [-0.15, -0.1) is 0 Å². The largest absolute Gasteiger partial charge is 0.384 e. The molecule has 0 bridgehead atoms. The molecule has 180 valence electrons. The van der Waals surface area contributed by atoms with Gasteiger partial charge in [-0.1, -0.05) is 34.3 Å². The van der Waals surface area contributed by atoms with E-state index in [4.69, 9.17) is 0 Å². The minimum atomic E-state index is 0. The molecule has 4 aliphatic carbocycles. The Bertz CT molecular complexity index is 666. The Kier molecular flexibility index (Phi) is 7.99. The average Bonchev–Trinajstić information content (AvgIpc) is 3.02. The highest BCUT2D eigenvalue weighted by Gasteiger charge is 2.64. The summed E-state index contributed by atoms with van der Waals surface area (Å²) >= 11 is 0. The van der Waals surface area contributed by atoms with Crippen LogP contribution in [0.4, 0.5) is 0 Å². The van der Waals surface area contributed by atoms with E-state index in [9.17, 15) is 4.79 Å². The lowest BCUT2D eigenvalue weighted by atomic mass is 9.44. The molecule has 0 radical (unpaired) electrons. The summed E-state index contributed by atoms with van der Waals surface area (Å²) in [5.41, 5.74) is 7.07. The van der Waals surface area contributed by atoms with Crippen molar-refractivity contribution in [1.82, 2.24) is 10.6 Å². The van der Waals surface area contributed by atoms with Crippen LogP contribution in [0.5, 0.6) is 0 Å². The van der Waals surface area contributed by atoms with Crippen molar-refractivity contribution in [3.05, 3.63) is 11.8 Å². The Balaban J connectivity index is 0.000000647. The van der Waals surface area contributed by atoms with Gasteiger partial charge in [0.25, 0.3) is 0 Å². The number of carbonyl (C=O) groups is 1. The molecule has 4 N–H and O–H groups in total. The Hall–Kier alpha value is -1.03. The molecule has 1 spiro atoms. The van der Waals surface area contributed by atoms with E-state index in [0.29, 0.717) is 22.8 Å². The van der Waals surface area contributed by atoms with Gasteiger partial charge in [-0.25, -0.2) is 0 Å². The number of amides is 1. The lowest BCUT2D eigenvalue weighted by Crippen LogP contribution is -2.62. The van der Waals surface area contributed by atoms with Crippen molar-refractivity contribution in [3.63, 3.8) is 0 Å². The third-order valence-corrected chi connectivity index (χ3v) is 9.00. The minimum absolute atomic E-state index is 0. The Morgan fingerprint density at radius 3 is 2.35 bits per heavy atom. The second-order valence-electron chi connectivity index (χ2n) is 11.3. The molecular formula is C27H51N3O. The fourth-order valence-corrected chi connectivity index (χ4v) is 8.00. The molecule has 0 aromatic heterocycles. The fourth-order valence-electron chi connectivity index (χ4n) is 8.00. The van der Waals surface area contributed by atoms with Crippen LogP contribution in [0.1, 0.15) is 100 Å². The Morgan fingerprint density at radius 2 is 1.71 bits per heavy atom. The Labute approximate surface area is 192 Å². The van der Waals surface area contributed by atoms with Crippen LogP contribution >= 0.6 is 0 Å². The first-order valence-electron chi connectivity index (χ1n) is 12.6. The number of hydrogen-bond donors (Lipinski definition) is 3. The van der Waals surface area contributed by atoms with Crippen LogP contribution in [0, 0.1) is 34.5 Å². The first-order valence-corrected chi connectivity index (χ1v) is 12.6. The van der Waals surface area contributed by atoms with E-state index in [1.54, 1.807) is 5.70 Å². The van der Waals surface area contributed by atoms with Gasteiger partial charge >= 0.3 is 0 Å². The van der Waals surface area contributed by atoms with E-state index in [2.05, 4.69) is 50.1 Å². The third-order valence-electron chi connectivity index (χ3n) is 9.00. The second-order valence-corrected chi connectivity index (χ2v) is 11.3. The fraction of sp³-hybridized carbons (Fsp3) is 0.889. The van der Waals surface area contributed by atoms with Crippen LogP contribution in [0.2, 0.25) is 0 Å². The van der Waals surface area contributed by atoms with Gasteiger partial charge in [0.1, 0.15) is 0 Å². The molecule has 7 atom stereocenters. The topological polar surface area (TPSA) is 67.1 Å². The number of fused-ring (bicyclic) bond motifs is 4. The van der Waals surface area contributed by atoms with Crippen molar-refractivity contribution in [2.75, 3.05) is 7.05 Å². The molecule has 5 rings (SSSR count). The average molecular weight is 434 g/mol. The van der Waals surface area contributed by atoms with Crippen molar-refractivity contribution in [2.45, 2.75) is 112 Å². The molecule has 1 saturated heterocycles. The summed E-state index contributed by atoms with van der Waals surface area (Å²) in [5, 5.41) is 7.15. The first-order chi connectivity index (χ1) is 14.2. The highest BCUT2D eigenvalue weighted by molar-refractivity contribution is 5.77. The van der Waals surface area contributed by atoms with E-state index in [-0.39, 0.29) is 13.0 Å². The van der Waals surface area contributed by atoms with E-state index < -0.39 is 0 Å². The molecule has 4 nitrogen and oxygen atoms in total. The van der Waals surface area contributed by atoms with Crippen molar-refractivity contribution in [2.24, 2.45) is 40.2 Å². The van der Waals surface area contributed by atoms with Gasteiger partial charge in [-0.2, -0.15) is 0 Å². The normalized spacial score (nSPS) is 42.0. The predicted octanol–water partition coefficient (Wildman–Crippen LogP) is 5.63. The molecular weight excluding hydrogens is 382 g/mol. The Morgan fingerprint density at radius 1 is 1.03 bits per heavy atom. The van der Waals surface area contributed by atoms with Crippen LogP contribution in [0.3, 0.4) is 0 Å². The first kappa shape index (κ1) is 26.2. The molecule has 5 aliphatic rings. The molecule has 1 heterocycles. The van der Waals surface area contributed by atoms with Gasteiger partial charge in [-0.05, 0) is 95.9 Å². The van der Waals surface area contributed by atoms with Crippen LogP contribution in [0.15, 0.2) is 11.8 Å². The highest BCUT2D eigenvalue weighted by Crippen LogP contribution is 2.70. The van der Waals surface area contributed by atoms with E-state index in [1.165, 1.54) is 45.6 Å². The summed E-state index contributed by atoms with van der Waals surface area (Å²) < 4.78 is 0. The number of rotatable bonds is 1. The zero-order valence-electron chi connectivity index (χ0n) is 20.6. The smallest absolute Gasteiger partial charge is 0.220 e. The van der Waals surface area contributed by atoms with Crippen molar-refractivity contribution < 1.29 is 4.79 Å².